The number of carbonyl (C=O) groups is 1. The van der Waals surface area contributed by atoms with Crippen molar-refractivity contribution in [1.29, 1.82) is 0 Å². The molecule has 1 amide bonds. The third-order valence-corrected chi connectivity index (χ3v) is 3.85. The molecule has 0 unspecified atom stereocenters. The molecule has 0 aliphatic carbocycles. The van der Waals surface area contributed by atoms with E-state index < -0.39 is 10.8 Å². The summed E-state index contributed by atoms with van der Waals surface area (Å²) in [6, 6.07) is 9.18. The van der Waals surface area contributed by atoms with Gasteiger partial charge in [0.05, 0.1) is 10.6 Å². The molecule has 0 radical (unpaired) electrons. The predicted molar refractivity (Wildman–Crippen MR) is 87.3 cm³/mol. The van der Waals surface area contributed by atoms with Crippen LogP contribution in [0.3, 0.4) is 0 Å². The van der Waals surface area contributed by atoms with Crippen LogP contribution in [0.4, 0.5) is 17.1 Å². The molecule has 21 heavy (non-hydrogen) atoms. The molecule has 2 rings (SSSR count). The summed E-state index contributed by atoms with van der Waals surface area (Å²) in [6.45, 7) is 0. The highest BCUT2D eigenvalue weighted by Gasteiger charge is 2.15. The van der Waals surface area contributed by atoms with Gasteiger partial charge in [0.1, 0.15) is 5.69 Å². The molecular weight excluding hydrogens is 406 g/mol. The van der Waals surface area contributed by atoms with Crippen molar-refractivity contribution in [3.8, 4) is 0 Å². The Morgan fingerprint density at radius 3 is 2.52 bits per heavy atom. The summed E-state index contributed by atoms with van der Waals surface area (Å²) in [5, 5.41) is 13.4. The number of nitrogens with zero attached hydrogens (tertiary/aromatic N) is 1. The van der Waals surface area contributed by atoms with Crippen LogP contribution in [-0.2, 0) is 0 Å². The highest BCUT2D eigenvalue weighted by Crippen LogP contribution is 2.27. The van der Waals surface area contributed by atoms with Gasteiger partial charge in [-0.1, -0.05) is 15.9 Å². The molecule has 3 N–H and O–H groups in total. The molecule has 0 aromatic heterocycles. The lowest BCUT2D eigenvalue weighted by molar-refractivity contribution is -0.383. The quantitative estimate of drug-likeness (QED) is 0.451. The van der Waals surface area contributed by atoms with Crippen molar-refractivity contribution < 1.29 is 9.72 Å². The fourth-order valence-electron chi connectivity index (χ4n) is 1.65. The zero-order valence-corrected chi connectivity index (χ0v) is 13.6. The van der Waals surface area contributed by atoms with Crippen molar-refractivity contribution in [1.82, 2.24) is 0 Å². The second-order valence-corrected chi connectivity index (χ2v) is 5.88. The maximum Gasteiger partial charge on any atom is 0.292 e. The van der Waals surface area contributed by atoms with E-state index in [9.17, 15) is 14.9 Å². The molecule has 0 saturated heterocycles. The number of hydrogen-bond acceptors (Lipinski definition) is 4. The lowest BCUT2D eigenvalue weighted by atomic mass is 10.1. The number of nitro groups is 1. The van der Waals surface area contributed by atoms with Gasteiger partial charge in [-0.3, -0.25) is 14.9 Å². The number of nitrogens with two attached hydrogens (primary N) is 1. The molecule has 0 bridgehead atoms. The number of carbonyl (C=O) groups excluding carboxylic acids is 1. The summed E-state index contributed by atoms with van der Waals surface area (Å²) < 4.78 is 1.53. The standard InChI is InChI=1S/C13H9Br2N3O3/c14-8-2-3-9(15)11(6-8)17-13(19)7-1-4-12(18(20)21)10(16)5-7/h1-6H,16H2,(H,17,19). The first-order chi connectivity index (χ1) is 9.88. The molecular formula is C13H9Br2N3O3. The summed E-state index contributed by atoms with van der Waals surface area (Å²) in [5.41, 5.74) is 6.10. The first-order valence-electron chi connectivity index (χ1n) is 5.69. The fraction of sp³-hybridized carbons (Fsp3) is 0. The maximum absolute atomic E-state index is 12.1. The molecule has 2 aromatic carbocycles. The zero-order valence-electron chi connectivity index (χ0n) is 10.5. The average Bonchev–Trinajstić information content (AvgIpc) is 2.42. The lowest BCUT2D eigenvalue weighted by Crippen LogP contribution is -2.13. The highest BCUT2D eigenvalue weighted by atomic mass is 79.9. The lowest BCUT2D eigenvalue weighted by Gasteiger charge is -2.08. The minimum atomic E-state index is -0.595. The van der Waals surface area contributed by atoms with E-state index in [0.29, 0.717) is 10.2 Å². The van der Waals surface area contributed by atoms with Crippen LogP contribution in [0.2, 0.25) is 0 Å². The molecule has 0 saturated carbocycles. The van der Waals surface area contributed by atoms with Gasteiger partial charge < -0.3 is 11.1 Å². The number of nitrogens with one attached hydrogen (secondary N) is 1. The van der Waals surface area contributed by atoms with Gasteiger partial charge in [-0.2, -0.15) is 0 Å². The van der Waals surface area contributed by atoms with Gasteiger partial charge in [-0.05, 0) is 46.3 Å². The Morgan fingerprint density at radius 2 is 1.90 bits per heavy atom. The first kappa shape index (κ1) is 15.5. The highest BCUT2D eigenvalue weighted by molar-refractivity contribution is 9.11. The third-order valence-electron chi connectivity index (χ3n) is 2.66. The second kappa shape index (κ2) is 6.23. The van der Waals surface area contributed by atoms with E-state index in [2.05, 4.69) is 37.2 Å². The minimum absolute atomic E-state index is 0.0547. The molecule has 2 aromatic rings. The fourth-order valence-corrected chi connectivity index (χ4v) is 2.36. The first-order valence-corrected chi connectivity index (χ1v) is 7.27. The van der Waals surface area contributed by atoms with Gasteiger partial charge in [0.2, 0.25) is 0 Å². The summed E-state index contributed by atoms with van der Waals surface area (Å²) in [7, 11) is 0. The van der Waals surface area contributed by atoms with Crippen molar-refractivity contribution in [3.05, 3.63) is 61.0 Å². The van der Waals surface area contributed by atoms with Gasteiger partial charge in [0.15, 0.2) is 0 Å². The smallest absolute Gasteiger partial charge is 0.292 e. The van der Waals surface area contributed by atoms with E-state index in [4.69, 9.17) is 5.73 Å². The molecule has 0 fully saturated rings. The Hall–Kier alpha value is -1.93. The van der Waals surface area contributed by atoms with Crippen molar-refractivity contribution in [2.75, 3.05) is 11.1 Å². The molecule has 0 heterocycles. The summed E-state index contributed by atoms with van der Waals surface area (Å²) in [4.78, 5) is 22.2. The number of hydrogen-bond donors (Lipinski definition) is 2. The number of nitrogen functional groups attached to an aromatic ring is 1. The Morgan fingerprint density at radius 1 is 1.19 bits per heavy atom. The van der Waals surface area contributed by atoms with Gasteiger partial charge >= 0.3 is 0 Å². The molecule has 0 spiro atoms. The topological polar surface area (TPSA) is 98.3 Å². The third kappa shape index (κ3) is 3.59. The Kier molecular flexibility index (Phi) is 4.59. The van der Waals surface area contributed by atoms with Crippen LogP contribution in [0.15, 0.2) is 45.3 Å². The molecule has 6 nitrogen and oxygen atoms in total. The van der Waals surface area contributed by atoms with Crippen LogP contribution in [0.5, 0.6) is 0 Å². The number of anilines is 2. The molecule has 8 heteroatoms. The monoisotopic (exact) mass is 413 g/mol. The molecule has 0 atom stereocenters. The number of amides is 1. The van der Waals surface area contributed by atoms with Crippen molar-refractivity contribution in [2.24, 2.45) is 0 Å². The molecule has 0 aliphatic rings. The Labute approximate surface area is 136 Å². The van der Waals surface area contributed by atoms with Crippen LogP contribution in [-0.4, -0.2) is 10.8 Å². The summed E-state index contributed by atoms with van der Waals surface area (Å²) in [5.74, 6) is -0.407. The minimum Gasteiger partial charge on any atom is -0.393 e. The van der Waals surface area contributed by atoms with Crippen molar-refractivity contribution in [3.63, 3.8) is 0 Å². The maximum atomic E-state index is 12.1. The number of halogens is 2. The van der Waals surface area contributed by atoms with Crippen molar-refractivity contribution >= 4 is 54.8 Å². The largest absolute Gasteiger partial charge is 0.393 e. The van der Waals surface area contributed by atoms with Gasteiger partial charge in [-0.25, -0.2) is 0 Å². The van der Waals surface area contributed by atoms with Gasteiger partial charge in [0.25, 0.3) is 11.6 Å². The van der Waals surface area contributed by atoms with Crippen LogP contribution in [0, 0.1) is 10.1 Å². The summed E-state index contributed by atoms with van der Waals surface area (Å²) >= 11 is 6.64. The molecule has 0 aliphatic heterocycles. The van der Waals surface area contributed by atoms with Gasteiger partial charge in [-0.15, -0.1) is 0 Å². The van der Waals surface area contributed by atoms with Crippen LogP contribution >= 0.6 is 31.9 Å². The average molecular weight is 415 g/mol. The van der Waals surface area contributed by atoms with Crippen LogP contribution < -0.4 is 11.1 Å². The Balaban J connectivity index is 2.26. The predicted octanol–water partition coefficient (Wildman–Crippen LogP) is 3.95. The van der Waals surface area contributed by atoms with E-state index in [-0.39, 0.29) is 16.9 Å². The van der Waals surface area contributed by atoms with E-state index in [1.165, 1.54) is 18.2 Å². The SMILES string of the molecule is Nc1cc(C(=O)Nc2cc(Br)ccc2Br)ccc1[N+](=O)[O-]. The zero-order chi connectivity index (χ0) is 15.6. The summed E-state index contributed by atoms with van der Waals surface area (Å²) in [6.07, 6.45) is 0. The molecule has 108 valence electrons. The van der Waals surface area contributed by atoms with E-state index in [1.54, 1.807) is 12.1 Å². The number of benzene rings is 2. The normalized spacial score (nSPS) is 10.2. The van der Waals surface area contributed by atoms with Crippen LogP contribution in [0.1, 0.15) is 10.4 Å². The van der Waals surface area contributed by atoms with E-state index in [1.807, 2.05) is 6.07 Å². The van der Waals surface area contributed by atoms with Crippen LogP contribution in [0.25, 0.3) is 0 Å². The number of rotatable bonds is 3. The van der Waals surface area contributed by atoms with Gasteiger partial charge in [0, 0.05) is 20.6 Å². The van der Waals surface area contributed by atoms with E-state index >= 15 is 0 Å². The van der Waals surface area contributed by atoms with E-state index in [0.717, 1.165) is 4.47 Å². The Bertz CT molecular complexity index is 735. The second-order valence-electron chi connectivity index (χ2n) is 4.11. The van der Waals surface area contributed by atoms with Crippen molar-refractivity contribution in [2.45, 2.75) is 0 Å². The number of nitro benzene ring substituents is 1.